The Morgan fingerprint density at radius 3 is 2.82 bits per heavy atom. The molecule has 0 saturated carbocycles. The van der Waals surface area contributed by atoms with E-state index < -0.39 is 5.97 Å². The van der Waals surface area contributed by atoms with E-state index in [-0.39, 0.29) is 24.7 Å². The second kappa shape index (κ2) is 7.06. The van der Waals surface area contributed by atoms with E-state index in [1.807, 2.05) is 11.4 Å². The van der Waals surface area contributed by atoms with Gasteiger partial charge < -0.3 is 10.4 Å². The van der Waals surface area contributed by atoms with Crippen molar-refractivity contribution in [2.24, 2.45) is 5.92 Å². The van der Waals surface area contributed by atoms with Crippen LogP contribution in [0.3, 0.4) is 0 Å². The Kier molecular flexibility index (Phi) is 5.69. The van der Waals surface area contributed by atoms with E-state index in [4.69, 9.17) is 5.11 Å². The van der Waals surface area contributed by atoms with E-state index in [0.717, 1.165) is 6.42 Å². The molecule has 0 bridgehead atoms. The molecule has 0 aromatic carbocycles. The number of carboxylic acids is 1. The molecule has 1 aromatic heterocycles. The lowest BCUT2D eigenvalue weighted by Crippen LogP contribution is -2.27. The highest BCUT2D eigenvalue weighted by Gasteiger charge is 2.11. The van der Waals surface area contributed by atoms with Crippen molar-refractivity contribution in [1.29, 1.82) is 0 Å². The van der Waals surface area contributed by atoms with Crippen molar-refractivity contribution >= 4 is 23.2 Å². The van der Waals surface area contributed by atoms with Crippen LogP contribution in [0.4, 0.5) is 0 Å². The summed E-state index contributed by atoms with van der Waals surface area (Å²) in [5, 5.41) is 15.4. The molecule has 0 aliphatic heterocycles. The minimum absolute atomic E-state index is 0.0396. The summed E-state index contributed by atoms with van der Waals surface area (Å²) >= 11 is 1.64. The minimum Gasteiger partial charge on any atom is -0.481 e. The molecular weight excluding hydrogens is 238 g/mol. The first kappa shape index (κ1) is 13.7. The van der Waals surface area contributed by atoms with Crippen molar-refractivity contribution in [3.8, 4) is 0 Å². The largest absolute Gasteiger partial charge is 0.481 e. The van der Waals surface area contributed by atoms with E-state index in [1.165, 1.54) is 5.56 Å². The minimum atomic E-state index is -0.858. The average molecular weight is 255 g/mol. The van der Waals surface area contributed by atoms with Crippen LogP contribution in [0.2, 0.25) is 0 Å². The van der Waals surface area contributed by atoms with Crippen LogP contribution >= 0.6 is 11.3 Å². The van der Waals surface area contributed by atoms with Gasteiger partial charge in [-0.05, 0) is 34.7 Å². The van der Waals surface area contributed by atoms with Gasteiger partial charge in [0, 0.05) is 19.4 Å². The number of carbonyl (C=O) groups is 2. The second-order valence-electron chi connectivity index (χ2n) is 4.14. The molecule has 0 aliphatic rings. The molecule has 1 heterocycles. The maximum Gasteiger partial charge on any atom is 0.303 e. The van der Waals surface area contributed by atoms with Crippen LogP contribution in [0.1, 0.15) is 25.3 Å². The molecule has 94 valence electrons. The Morgan fingerprint density at radius 1 is 1.47 bits per heavy atom. The Hall–Kier alpha value is -1.36. The van der Waals surface area contributed by atoms with E-state index in [9.17, 15) is 9.59 Å². The second-order valence-corrected chi connectivity index (χ2v) is 4.92. The van der Waals surface area contributed by atoms with Crippen LogP contribution < -0.4 is 5.32 Å². The summed E-state index contributed by atoms with van der Waals surface area (Å²) in [5.41, 5.74) is 1.22. The van der Waals surface area contributed by atoms with Gasteiger partial charge in [-0.25, -0.2) is 0 Å². The maximum atomic E-state index is 11.5. The van der Waals surface area contributed by atoms with Crippen LogP contribution in [-0.2, 0) is 16.0 Å². The first-order valence-electron chi connectivity index (χ1n) is 5.57. The molecule has 1 atom stereocenters. The van der Waals surface area contributed by atoms with Gasteiger partial charge in [0.15, 0.2) is 0 Å². The SMILES string of the molecule is CC(CC(=O)O)CC(=O)NCCc1ccsc1. The highest BCUT2D eigenvalue weighted by atomic mass is 32.1. The van der Waals surface area contributed by atoms with Gasteiger partial charge >= 0.3 is 5.97 Å². The van der Waals surface area contributed by atoms with Crippen molar-refractivity contribution in [1.82, 2.24) is 5.32 Å². The third-order valence-corrected chi connectivity index (χ3v) is 3.10. The normalized spacial score (nSPS) is 12.1. The standard InChI is InChI=1S/C12H17NO3S/c1-9(7-12(15)16)6-11(14)13-4-2-10-3-5-17-8-10/h3,5,8-9H,2,4,6-7H2,1H3,(H,13,14)(H,15,16). The number of nitrogens with one attached hydrogen (secondary N) is 1. The average Bonchev–Trinajstić information content (AvgIpc) is 2.68. The van der Waals surface area contributed by atoms with Gasteiger partial charge in [0.1, 0.15) is 0 Å². The third-order valence-electron chi connectivity index (χ3n) is 2.37. The molecule has 0 radical (unpaired) electrons. The van der Waals surface area contributed by atoms with Gasteiger partial charge in [0.05, 0.1) is 0 Å². The van der Waals surface area contributed by atoms with Crippen LogP contribution in [0.15, 0.2) is 16.8 Å². The molecule has 2 N–H and O–H groups in total. The summed E-state index contributed by atoms with van der Waals surface area (Å²) in [6.07, 6.45) is 1.14. The lowest BCUT2D eigenvalue weighted by Gasteiger charge is -2.08. The van der Waals surface area contributed by atoms with Crippen molar-refractivity contribution < 1.29 is 14.7 Å². The van der Waals surface area contributed by atoms with Gasteiger partial charge in [-0.2, -0.15) is 11.3 Å². The summed E-state index contributed by atoms with van der Waals surface area (Å²) in [7, 11) is 0. The highest BCUT2D eigenvalue weighted by molar-refractivity contribution is 7.07. The third kappa shape index (κ3) is 6.06. The Morgan fingerprint density at radius 2 is 2.24 bits per heavy atom. The van der Waals surface area contributed by atoms with Crippen molar-refractivity contribution in [2.45, 2.75) is 26.2 Å². The predicted molar refractivity (Wildman–Crippen MR) is 67.1 cm³/mol. The summed E-state index contributed by atoms with van der Waals surface area (Å²) in [6.45, 7) is 2.38. The molecule has 0 aliphatic carbocycles. The number of hydrogen-bond acceptors (Lipinski definition) is 3. The van der Waals surface area contributed by atoms with Crippen LogP contribution in [0.5, 0.6) is 0 Å². The zero-order valence-corrected chi connectivity index (χ0v) is 10.6. The molecule has 1 aromatic rings. The zero-order chi connectivity index (χ0) is 12.7. The molecule has 1 unspecified atom stereocenters. The Balaban J connectivity index is 2.14. The van der Waals surface area contributed by atoms with Gasteiger partial charge in [0.25, 0.3) is 0 Å². The number of amides is 1. The molecule has 1 rings (SSSR count). The fraction of sp³-hybridized carbons (Fsp3) is 0.500. The monoisotopic (exact) mass is 255 g/mol. The lowest BCUT2D eigenvalue weighted by molar-refractivity contribution is -0.138. The van der Waals surface area contributed by atoms with Gasteiger partial charge in [-0.15, -0.1) is 0 Å². The summed E-state index contributed by atoms with van der Waals surface area (Å²) in [5.74, 6) is -1.05. The predicted octanol–water partition coefficient (Wildman–Crippen LogP) is 1.91. The zero-order valence-electron chi connectivity index (χ0n) is 9.81. The van der Waals surface area contributed by atoms with Gasteiger partial charge in [-0.3, -0.25) is 9.59 Å². The number of carbonyl (C=O) groups excluding carboxylic acids is 1. The number of carboxylic acid groups (broad SMARTS) is 1. The highest BCUT2D eigenvalue weighted by Crippen LogP contribution is 2.08. The molecule has 0 fully saturated rings. The number of rotatable bonds is 7. The Bertz CT molecular complexity index is 362. The van der Waals surface area contributed by atoms with E-state index >= 15 is 0 Å². The van der Waals surface area contributed by atoms with Crippen LogP contribution in [0, 0.1) is 5.92 Å². The smallest absolute Gasteiger partial charge is 0.303 e. The molecule has 1 amide bonds. The molecular formula is C12H17NO3S. The molecule has 5 heteroatoms. The van der Waals surface area contributed by atoms with Crippen molar-refractivity contribution in [2.75, 3.05) is 6.54 Å². The summed E-state index contributed by atoms with van der Waals surface area (Å²) < 4.78 is 0. The molecule has 4 nitrogen and oxygen atoms in total. The van der Waals surface area contributed by atoms with E-state index in [1.54, 1.807) is 18.3 Å². The van der Waals surface area contributed by atoms with Crippen molar-refractivity contribution in [3.05, 3.63) is 22.4 Å². The number of thiophene rings is 1. The Labute approximate surface area is 105 Å². The van der Waals surface area contributed by atoms with Gasteiger partial charge in [0.2, 0.25) is 5.91 Å². The van der Waals surface area contributed by atoms with Crippen LogP contribution in [-0.4, -0.2) is 23.5 Å². The first-order valence-corrected chi connectivity index (χ1v) is 6.51. The quantitative estimate of drug-likeness (QED) is 0.782. The topological polar surface area (TPSA) is 66.4 Å². The summed E-state index contributed by atoms with van der Waals surface area (Å²) in [4.78, 5) is 21.9. The lowest BCUT2D eigenvalue weighted by atomic mass is 10.0. The van der Waals surface area contributed by atoms with Gasteiger partial charge in [-0.1, -0.05) is 6.92 Å². The van der Waals surface area contributed by atoms with Crippen molar-refractivity contribution in [3.63, 3.8) is 0 Å². The molecule has 0 saturated heterocycles. The molecule has 17 heavy (non-hydrogen) atoms. The molecule has 0 spiro atoms. The van der Waals surface area contributed by atoms with Crippen LogP contribution in [0.25, 0.3) is 0 Å². The fourth-order valence-corrected chi connectivity index (χ4v) is 2.24. The summed E-state index contributed by atoms with van der Waals surface area (Å²) in [6, 6.07) is 2.03. The van der Waals surface area contributed by atoms with E-state index in [0.29, 0.717) is 6.54 Å². The fourth-order valence-electron chi connectivity index (χ4n) is 1.54. The van der Waals surface area contributed by atoms with E-state index in [2.05, 4.69) is 10.7 Å². The number of hydrogen-bond donors (Lipinski definition) is 2. The first-order chi connectivity index (χ1) is 8.08. The maximum absolute atomic E-state index is 11.5. The number of aliphatic carboxylic acids is 1.